The van der Waals surface area contributed by atoms with Crippen molar-refractivity contribution in [1.29, 1.82) is 0 Å². The number of aryl methyl sites for hydroxylation is 1. The van der Waals surface area contributed by atoms with Crippen LogP contribution in [0, 0.1) is 13.8 Å². The van der Waals surface area contributed by atoms with Crippen molar-refractivity contribution in [2.24, 2.45) is 0 Å². The van der Waals surface area contributed by atoms with Crippen LogP contribution in [-0.2, 0) is 0 Å². The van der Waals surface area contributed by atoms with E-state index in [0.29, 0.717) is 13.1 Å². The maximum Gasteiger partial charge on any atom is 0.258 e. The molecule has 0 aromatic heterocycles. The minimum atomic E-state index is -2.34. The maximum absolute atomic E-state index is 13.4. The quantitative estimate of drug-likeness (QED) is 0.891. The highest BCUT2D eigenvalue weighted by Gasteiger charge is 2.31. The zero-order valence-electron chi connectivity index (χ0n) is 10.9. The summed E-state index contributed by atoms with van der Waals surface area (Å²) in [6.07, 6.45) is -2.34. The predicted molar refractivity (Wildman–Crippen MR) is 69.1 cm³/mol. The molecule has 1 saturated heterocycles. The lowest BCUT2D eigenvalue weighted by Crippen LogP contribution is -2.47. The van der Waals surface area contributed by atoms with E-state index in [0.717, 1.165) is 29.8 Å². The van der Waals surface area contributed by atoms with Crippen molar-refractivity contribution in [3.05, 3.63) is 34.9 Å². The standard InChI is InChI=1S/C14H20F2N2/c1-10-4-3-5-12(11(10)2)13(14(15)16)18-8-6-17-7-9-18/h3-5,13-14,17H,6-9H2,1-2H3/t13-/m0/s1. The van der Waals surface area contributed by atoms with Gasteiger partial charge in [-0.15, -0.1) is 0 Å². The summed E-state index contributed by atoms with van der Waals surface area (Å²) in [6, 6.07) is 4.90. The molecule has 4 heteroatoms. The number of hydrogen-bond donors (Lipinski definition) is 1. The average Bonchev–Trinajstić information content (AvgIpc) is 2.36. The first-order chi connectivity index (χ1) is 8.61. The molecule has 0 aliphatic carbocycles. The van der Waals surface area contributed by atoms with Gasteiger partial charge in [-0.2, -0.15) is 0 Å². The lowest BCUT2D eigenvalue weighted by molar-refractivity contribution is 0.0178. The molecule has 100 valence electrons. The molecule has 0 unspecified atom stereocenters. The summed E-state index contributed by atoms with van der Waals surface area (Å²) < 4.78 is 26.8. The molecule has 0 bridgehead atoms. The van der Waals surface area contributed by atoms with Gasteiger partial charge in [-0.05, 0) is 30.5 Å². The van der Waals surface area contributed by atoms with E-state index in [1.807, 2.05) is 36.9 Å². The van der Waals surface area contributed by atoms with Crippen LogP contribution in [0.15, 0.2) is 18.2 Å². The van der Waals surface area contributed by atoms with Crippen LogP contribution < -0.4 is 5.32 Å². The number of nitrogens with one attached hydrogen (secondary N) is 1. The Morgan fingerprint density at radius 3 is 2.44 bits per heavy atom. The van der Waals surface area contributed by atoms with Crippen LogP contribution in [-0.4, -0.2) is 37.5 Å². The van der Waals surface area contributed by atoms with E-state index in [-0.39, 0.29) is 0 Å². The van der Waals surface area contributed by atoms with E-state index in [1.165, 1.54) is 0 Å². The zero-order valence-corrected chi connectivity index (χ0v) is 10.9. The fourth-order valence-electron chi connectivity index (χ4n) is 2.55. The second kappa shape index (κ2) is 5.76. The van der Waals surface area contributed by atoms with Crippen LogP contribution in [0.2, 0.25) is 0 Å². The normalized spacial score (nSPS) is 19.2. The summed E-state index contributed by atoms with van der Waals surface area (Å²) in [7, 11) is 0. The molecule has 1 N–H and O–H groups in total. The van der Waals surface area contributed by atoms with Crippen LogP contribution in [0.3, 0.4) is 0 Å². The topological polar surface area (TPSA) is 15.3 Å². The van der Waals surface area contributed by atoms with Gasteiger partial charge in [-0.25, -0.2) is 8.78 Å². The fourth-order valence-corrected chi connectivity index (χ4v) is 2.55. The summed E-state index contributed by atoms with van der Waals surface area (Å²) in [5.41, 5.74) is 2.83. The lowest BCUT2D eigenvalue weighted by atomic mass is 9.96. The van der Waals surface area contributed by atoms with Crippen LogP contribution in [0.1, 0.15) is 22.7 Å². The molecule has 1 aromatic rings. The third-order valence-electron chi connectivity index (χ3n) is 3.75. The Kier molecular flexibility index (Phi) is 4.30. The molecule has 1 fully saturated rings. The van der Waals surface area contributed by atoms with Crippen molar-refractivity contribution < 1.29 is 8.78 Å². The van der Waals surface area contributed by atoms with Gasteiger partial charge in [-0.1, -0.05) is 18.2 Å². The average molecular weight is 254 g/mol. The SMILES string of the molecule is Cc1cccc([C@@H](C(F)F)N2CCNCC2)c1C. The van der Waals surface area contributed by atoms with Gasteiger partial charge in [0.15, 0.2) is 0 Å². The highest BCUT2D eigenvalue weighted by Crippen LogP contribution is 2.31. The zero-order chi connectivity index (χ0) is 13.1. The Morgan fingerprint density at radius 1 is 1.17 bits per heavy atom. The van der Waals surface area contributed by atoms with Crippen molar-refractivity contribution in [2.45, 2.75) is 26.3 Å². The molecule has 2 rings (SSSR count). The maximum atomic E-state index is 13.4. The van der Waals surface area contributed by atoms with E-state index < -0.39 is 12.5 Å². The summed E-state index contributed by atoms with van der Waals surface area (Å²) >= 11 is 0. The van der Waals surface area contributed by atoms with Crippen LogP contribution in [0.4, 0.5) is 8.78 Å². The van der Waals surface area contributed by atoms with Crippen LogP contribution in [0.25, 0.3) is 0 Å². The number of piperazine rings is 1. The Labute approximate surface area is 107 Å². The Hall–Kier alpha value is -1.00. The first-order valence-corrected chi connectivity index (χ1v) is 6.40. The molecular formula is C14H20F2N2. The van der Waals surface area contributed by atoms with Gasteiger partial charge in [0.1, 0.15) is 0 Å². The van der Waals surface area contributed by atoms with Crippen LogP contribution in [0.5, 0.6) is 0 Å². The molecular weight excluding hydrogens is 234 g/mol. The van der Waals surface area contributed by atoms with E-state index in [9.17, 15) is 8.78 Å². The summed E-state index contributed by atoms with van der Waals surface area (Å²) in [5, 5.41) is 3.20. The van der Waals surface area contributed by atoms with Crippen molar-refractivity contribution in [3.8, 4) is 0 Å². The molecule has 18 heavy (non-hydrogen) atoms. The number of benzene rings is 1. The molecule has 1 heterocycles. The second-order valence-electron chi connectivity index (χ2n) is 4.85. The number of rotatable bonds is 3. The van der Waals surface area contributed by atoms with Gasteiger partial charge in [0.2, 0.25) is 0 Å². The van der Waals surface area contributed by atoms with Gasteiger partial charge in [0, 0.05) is 26.2 Å². The minimum Gasteiger partial charge on any atom is -0.314 e. The predicted octanol–water partition coefficient (Wildman–Crippen LogP) is 2.51. The van der Waals surface area contributed by atoms with Gasteiger partial charge in [0.25, 0.3) is 6.43 Å². The largest absolute Gasteiger partial charge is 0.314 e. The fraction of sp³-hybridized carbons (Fsp3) is 0.571. The third-order valence-corrected chi connectivity index (χ3v) is 3.75. The first kappa shape index (κ1) is 13.4. The Bertz CT molecular complexity index is 401. The molecule has 1 aliphatic heterocycles. The minimum absolute atomic E-state index is 0.683. The van der Waals surface area contributed by atoms with Gasteiger partial charge < -0.3 is 5.32 Å². The molecule has 2 nitrogen and oxygen atoms in total. The van der Waals surface area contributed by atoms with Crippen molar-refractivity contribution >= 4 is 0 Å². The molecule has 0 spiro atoms. The molecule has 1 atom stereocenters. The summed E-state index contributed by atoms with van der Waals surface area (Å²) in [6.45, 7) is 6.84. The monoisotopic (exact) mass is 254 g/mol. The Morgan fingerprint density at radius 2 is 1.83 bits per heavy atom. The molecule has 1 aromatic carbocycles. The molecule has 0 amide bonds. The molecule has 1 aliphatic rings. The number of nitrogens with zero attached hydrogens (tertiary/aromatic N) is 1. The van der Waals surface area contributed by atoms with Crippen molar-refractivity contribution in [3.63, 3.8) is 0 Å². The van der Waals surface area contributed by atoms with Gasteiger partial charge in [0.05, 0.1) is 6.04 Å². The highest BCUT2D eigenvalue weighted by molar-refractivity contribution is 5.35. The first-order valence-electron chi connectivity index (χ1n) is 6.40. The lowest BCUT2D eigenvalue weighted by Gasteiger charge is -2.35. The summed E-state index contributed by atoms with van der Waals surface area (Å²) in [4.78, 5) is 1.89. The van der Waals surface area contributed by atoms with Gasteiger partial charge in [-0.3, -0.25) is 4.90 Å². The van der Waals surface area contributed by atoms with Crippen molar-refractivity contribution in [2.75, 3.05) is 26.2 Å². The second-order valence-corrected chi connectivity index (χ2v) is 4.85. The number of hydrogen-bond acceptors (Lipinski definition) is 2. The Balaban J connectivity index is 2.31. The number of alkyl halides is 2. The van der Waals surface area contributed by atoms with Crippen LogP contribution >= 0.6 is 0 Å². The van der Waals surface area contributed by atoms with E-state index in [4.69, 9.17) is 0 Å². The molecule has 0 saturated carbocycles. The summed E-state index contributed by atoms with van der Waals surface area (Å²) in [5.74, 6) is 0. The molecule has 0 radical (unpaired) electrons. The third kappa shape index (κ3) is 2.70. The van der Waals surface area contributed by atoms with E-state index >= 15 is 0 Å². The number of halogens is 2. The van der Waals surface area contributed by atoms with E-state index in [2.05, 4.69) is 5.32 Å². The van der Waals surface area contributed by atoms with E-state index in [1.54, 1.807) is 0 Å². The smallest absolute Gasteiger partial charge is 0.258 e. The highest BCUT2D eigenvalue weighted by atomic mass is 19.3. The van der Waals surface area contributed by atoms with Crippen molar-refractivity contribution in [1.82, 2.24) is 10.2 Å². The van der Waals surface area contributed by atoms with Gasteiger partial charge >= 0.3 is 0 Å².